The van der Waals surface area contributed by atoms with Gasteiger partial charge in [0.05, 0.1) is 5.52 Å². The molecule has 0 aliphatic rings. The van der Waals surface area contributed by atoms with Crippen molar-refractivity contribution in [3.63, 3.8) is 0 Å². The molecule has 0 atom stereocenters. The Morgan fingerprint density at radius 2 is 2.15 bits per heavy atom. The highest BCUT2D eigenvalue weighted by Crippen LogP contribution is 2.08. The quantitative estimate of drug-likeness (QED) is 0.655. The summed E-state index contributed by atoms with van der Waals surface area (Å²) in [5, 5.41) is 1.00. The minimum Gasteiger partial charge on any atom is -0.292 e. The van der Waals surface area contributed by atoms with Crippen LogP contribution in [0.3, 0.4) is 0 Å². The summed E-state index contributed by atoms with van der Waals surface area (Å²) in [6, 6.07) is 7.75. The van der Waals surface area contributed by atoms with Crippen LogP contribution in [0.25, 0.3) is 10.9 Å². The van der Waals surface area contributed by atoms with Crippen molar-refractivity contribution in [2.24, 2.45) is 0 Å². The third kappa shape index (κ3) is 1.22. The van der Waals surface area contributed by atoms with Crippen LogP contribution in [0.1, 0.15) is 6.92 Å². The fourth-order valence-electron chi connectivity index (χ4n) is 1.45. The second-order valence-corrected chi connectivity index (χ2v) is 2.84. The Hall–Kier alpha value is -1.64. The number of aromatic nitrogens is 2. The average Bonchev–Trinajstić information content (AvgIpc) is 2.18. The Morgan fingerprint density at radius 3 is 2.92 bits per heavy atom. The Balaban J connectivity index is 2.92. The number of benzene rings is 1. The largest absolute Gasteiger partial charge is 0.347 e. The summed E-state index contributed by atoms with van der Waals surface area (Å²) >= 11 is 0. The molecular formula is C10H10N2O. The fourth-order valence-corrected chi connectivity index (χ4v) is 1.45. The van der Waals surface area contributed by atoms with Crippen molar-refractivity contribution in [1.82, 2.24) is 9.55 Å². The smallest absolute Gasteiger partial charge is 0.292 e. The lowest BCUT2D eigenvalue weighted by molar-refractivity contribution is 0.731. The van der Waals surface area contributed by atoms with E-state index in [0.29, 0.717) is 6.54 Å². The standard InChI is InChI=1S/C10H10N2O/c1-2-12-9-6-4-3-5-8(9)7-11-10(12)13/h3-7H,2H2,1H3. The molecule has 0 N–H and O–H groups in total. The van der Waals surface area contributed by atoms with E-state index in [2.05, 4.69) is 4.98 Å². The van der Waals surface area contributed by atoms with Gasteiger partial charge in [-0.2, -0.15) is 0 Å². The number of nitrogens with zero attached hydrogens (tertiary/aromatic N) is 2. The van der Waals surface area contributed by atoms with E-state index < -0.39 is 0 Å². The molecule has 3 nitrogen and oxygen atoms in total. The molecule has 0 fully saturated rings. The molecule has 0 saturated heterocycles. The highest BCUT2D eigenvalue weighted by molar-refractivity contribution is 5.77. The minimum absolute atomic E-state index is 0.179. The summed E-state index contributed by atoms with van der Waals surface area (Å²) in [6.45, 7) is 2.60. The van der Waals surface area contributed by atoms with Gasteiger partial charge in [0.25, 0.3) is 0 Å². The number of rotatable bonds is 1. The lowest BCUT2D eigenvalue weighted by Crippen LogP contribution is -2.21. The Kier molecular flexibility index (Phi) is 1.85. The summed E-state index contributed by atoms with van der Waals surface area (Å²) in [4.78, 5) is 15.1. The van der Waals surface area contributed by atoms with Crippen LogP contribution in [0.5, 0.6) is 0 Å². The highest BCUT2D eigenvalue weighted by atomic mass is 16.1. The molecule has 0 unspecified atom stereocenters. The number of hydrogen-bond donors (Lipinski definition) is 0. The number of fused-ring (bicyclic) bond motifs is 1. The highest BCUT2D eigenvalue weighted by Gasteiger charge is 1.99. The first kappa shape index (κ1) is 7.98. The van der Waals surface area contributed by atoms with Gasteiger partial charge in [-0.15, -0.1) is 0 Å². The molecule has 66 valence electrons. The Bertz CT molecular complexity index is 487. The number of aryl methyl sites for hydroxylation is 1. The van der Waals surface area contributed by atoms with Crippen molar-refractivity contribution < 1.29 is 0 Å². The van der Waals surface area contributed by atoms with Crippen molar-refractivity contribution in [3.8, 4) is 0 Å². The molecule has 0 aliphatic carbocycles. The first-order valence-corrected chi connectivity index (χ1v) is 4.27. The first-order chi connectivity index (χ1) is 6.33. The van der Waals surface area contributed by atoms with E-state index in [9.17, 15) is 4.79 Å². The molecule has 13 heavy (non-hydrogen) atoms. The Labute approximate surface area is 75.7 Å². The van der Waals surface area contributed by atoms with Crippen LogP contribution >= 0.6 is 0 Å². The molecule has 1 heterocycles. The average molecular weight is 174 g/mol. The molecule has 0 radical (unpaired) electrons. The van der Waals surface area contributed by atoms with E-state index in [1.807, 2.05) is 31.2 Å². The first-order valence-electron chi connectivity index (χ1n) is 4.27. The topological polar surface area (TPSA) is 34.9 Å². The van der Waals surface area contributed by atoms with E-state index in [1.165, 1.54) is 0 Å². The predicted molar refractivity (Wildman–Crippen MR) is 51.7 cm³/mol. The lowest BCUT2D eigenvalue weighted by Gasteiger charge is -2.04. The van der Waals surface area contributed by atoms with E-state index >= 15 is 0 Å². The molecule has 2 rings (SSSR count). The van der Waals surface area contributed by atoms with Gasteiger partial charge in [-0.3, -0.25) is 4.57 Å². The van der Waals surface area contributed by atoms with Crippen molar-refractivity contribution in [2.75, 3.05) is 0 Å². The zero-order valence-electron chi connectivity index (χ0n) is 7.40. The predicted octanol–water partition coefficient (Wildman–Crippen LogP) is 1.42. The van der Waals surface area contributed by atoms with Crippen LogP contribution in [-0.2, 0) is 6.54 Å². The van der Waals surface area contributed by atoms with E-state index in [-0.39, 0.29) is 5.69 Å². The zero-order valence-corrected chi connectivity index (χ0v) is 7.40. The van der Waals surface area contributed by atoms with Gasteiger partial charge in [0, 0.05) is 18.1 Å². The number of para-hydroxylation sites is 1. The third-order valence-electron chi connectivity index (χ3n) is 2.09. The molecule has 0 spiro atoms. The maximum atomic E-state index is 11.3. The van der Waals surface area contributed by atoms with Gasteiger partial charge in [0.15, 0.2) is 0 Å². The van der Waals surface area contributed by atoms with Crippen LogP contribution in [0.15, 0.2) is 35.3 Å². The Morgan fingerprint density at radius 1 is 1.38 bits per heavy atom. The summed E-state index contributed by atoms with van der Waals surface area (Å²) < 4.78 is 1.66. The number of hydrogen-bond acceptors (Lipinski definition) is 2. The minimum atomic E-state index is -0.179. The third-order valence-corrected chi connectivity index (χ3v) is 2.09. The van der Waals surface area contributed by atoms with Gasteiger partial charge in [-0.05, 0) is 13.0 Å². The van der Waals surface area contributed by atoms with Crippen LogP contribution in [0.2, 0.25) is 0 Å². The van der Waals surface area contributed by atoms with Gasteiger partial charge < -0.3 is 0 Å². The van der Waals surface area contributed by atoms with Gasteiger partial charge in [-0.25, -0.2) is 9.78 Å². The summed E-state index contributed by atoms with van der Waals surface area (Å²) in [6.07, 6.45) is 1.61. The van der Waals surface area contributed by atoms with E-state index in [0.717, 1.165) is 10.9 Å². The second-order valence-electron chi connectivity index (χ2n) is 2.84. The maximum Gasteiger partial charge on any atom is 0.347 e. The molecule has 0 bridgehead atoms. The van der Waals surface area contributed by atoms with Crippen LogP contribution in [0.4, 0.5) is 0 Å². The van der Waals surface area contributed by atoms with Gasteiger partial charge in [0.1, 0.15) is 0 Å². The monoisotopic (exact) mass is 174 g/mol. The molecule has 1 aromatic carbocycles. The molecular weight excluding hydrogens is 164 g/mol. The summed E-state index contributed by atoms with van der Waals surface area (Å²) in [5.74, 6) is 0. The normalized spacial score (nSPS) is 10.5. The van der Waals surface area contributed by atoms with E-state index in [1.54, 1.807) is 10.8 Å². The molecule has 1 aromatic heterocycles. The fraction of sp³-hybridized carbons (Fsp3) is 0.200. The van der Waals surface area contributed by atoms with Crippen LogP contribution in [-0.4, -0.2) is 9.55 Å². The van der Waals surface area contributed by atoms with Crippen molar-refractivity contribution in [3.05, 3.63) is 40.9 Å². The SMILES string of the molecule is CCn1c(=O)ncc2ccccc21. The summed E-state index contributed by atoms with van der Waals surface area (Å²) in [5.41, 5.74) is 0.770. The van der Waals surface area contributed by atoms with Crippen molar-refractivity contribution in [2.45, 2.75) is 13.5 Å². The molecule has 0 saturated carbocycles. The van der Waals surface area contributed by atoms with Gasteiger partial charge >= 0.3 is 5.69 Å². The maximum absolute atomic E-state index is 11.3. The molecule has 2 aromatic rings. The molecule has 0 amide bonds. The lowest BCUT2D eigenvalue weighted by atomic mass is 10.2. The van der Waals surface area contributed by atoms with Gasteiger partial charge in [0.2, 0.25) is 0 Å². The van der Waals surface area contributed by atoms with E-state index in [4.69, 9.17) is 0 Å². The van der Waals surface area contributed by atoms with Crippen molar-refractivity contribution in [1.29, 1.82) is 0 Å². The zero-order chi connectivity index (χ0) is 9.26. The molecule has 0 aliphatic heterocycles. The van der Waals surface area contributed by atoms with Gasteiger partial charge in [-0.1, -0.05) is 18.2 Å². The molecule has 3 heteroatoms. The van der Waals surface area contributed by atoms with Crippen LogP contribution < -0.4 is 5.69 Å². The van der Waals surface area contributed by atoms with Crippen LogP contribution in [0, 0.1) is 0 Å². The summed E-state index contributed by atoms with van der Waals surface area (Å²) in [7, 11) is 0. The van der Waals surface area contributed by atoms with Crippen molar-refractivity contribution >= 4 is 10.9 Å². The second kappa shape index (κ2) is 3.01.